The Labute approximate surface area is 574 Å². The fraction of sp³-hybridized carbons (Fsp3) is 0.623. The second kappa shape index (κ2) is 39.7. The Kier molecular flexibility index (Phi) is 33.2. The van der Waals surface area contributed by atoms with Crippen LogP contribution in [-0.2, 0) is 68.7 Å². The minimum absolute atomic E-state index is 0.0723. The van der Waals surface area contributed by atoms with Gasteiger partial charge in [-0.2, -0.15) is 0 Å². The highest BCUT2D eigenvalue weighted by Crippen LogP contribution is 2.31. The first-order chi connectivity index (χ1) is 46.3. The van der Waals surface area contributed by atoms with E-state index in [1.165, 1.54) is 64.7 Å². The maximum Gasteiger partial charge on any atom is 0.410 e. The van der Waals surface area contributed by atoms with Gasteiger partial charge in [-0.15, -0.1) is 0 Å². The molecule has 8 N–H and O–H groups in total. The summed E-state index contributed by atoms with van der Waals surface area (Å²) in [5, 5.41) is 16.2. The average Bonchev–Trinajstić information content (AvgIpc) is 1.62. The highest BCUT2D eigenvalue weighted by atomic mass is 19.1. The van der Waals surface area contributed by atoms with Crippen LogP contribution in [0.4, 0.5) is 19.7 Å². The maximum atomic E-state index is 14.9. The maximum absolute atomic E-state index is 14.9. The number of carbonyl (C=O) groups is 12. The number of Topliss-reactive ketones (excluding diaryl/α,β-unsaturated/α-hetero) is 1. The predicted octanol–water partition coefficient (Wildman–Crippen LogP) is 4.61. The quantitative estimate of drug-likeness (QED) is 0.0272. The van der Waals surface area contributed by atoms with E-state index < -0.39 is 138 Å². The molecule has 1 fully saturated rings. The molecule has 98 heavy (non-hydrogen) atoms. The van der Waals surface area contributed by atoms with Crippen molar-refractivity contribution >= 4 is 76.8 Å². The van der Waals surface area contributed by atoms with Crippen LogP contribution < -0.4 is 42.4 Å². The van der Waals surface area contributed by atoms with E-state index in [0.717, 1.165) is 15.9 Å². The molecule has 2 aliphatic rings. The van der Waals surface area contributed by atoms with Crippen LogP contribution in [0.2, 0.25) is 0 Å². The molecule has 1 saturated heterocycles. The molecule has 2 aromatic rings. The lowest BCUT2D eigenvalue weighted by atomic mass is 9.89. The lowest BCUT2D eigenvalue weighted by molar-refractivity contribution is -0.148. The van der Waals surface area contributed by atoms with Crippen molar-refractivity contribution in [2.24, 2.45) is 35.3 Å². The summed E-state index contributed by atoms with van der Waals surface area (Å²) in [5.41, 5.74) is 5.85. The molecular weight excluding hydrogens is 1270 g/mol. The van der Waals surface area contributed by atoms with Gasteiger partial charge in [-0.05, 0) is 85.6 Å². The number of nitrogens with zero attached hydrogens (tertiary/aromatic N) is 4. The smallest absolute Gasteiger partial charge is 0.410 e. The molecule has 0 radical (unpaired) electrons. The number of benzene rings is 2. The number of likely N-dealkylation sites (N-methyl/N-ethyl adjacent to an activating group) is 2. The molecule has 544 valence electrons. The van der Waals surface area contributed by atoms with E-state index in [4.69, 9.17) is 29.4 Å². The van der Waals surface area contributed by atoms with Crippen LogP contribution in [0.3, 0.4) is 0 Å². The van der Waals surface area contributed by atoms with E-state index >= 15 is 0 Å². The number of nitrogens with one attached hydrogen (secondary N) is 6. The molecule has 28 nitrogen and oxygen atoms in total. The van der Waals surface area contributed by atoms with Gasteiger partial charge in [0.2, 0.25) is 41.4 Å². The molecule has 1 unspecified atom stereocenters. The number of amides is 12. The van der Waals surface area contributed by atoms with Gasteiger partial charge in [-0.3, -0.25) is 57.7 Å². The summed E-state index contributed by atoms with van der Waals surface area (Å²) in [4.78, 5) is 165. The van der Waals surface area contributed by atoms with Crippen molar-refractivity contribution < 1.29 is 85.6 Å². The van der Waals surface area contributed by atoms with E-state index in [-0.39, 0.29) is 92.8 Å². The molecule has 12 amide bonds. The van der Waals surface area contributed by atoms with Crippen LogP contribution in [0.25, 0.3) is 0 Å². The van der Waals surface area contributed by atoms with Gasteiger partial charge in [0, 0.05) is 85.4 Å². The summed E-state index contributed by atoms with van der Waals surface area (Å²) in [6.45, 7) is 15.7. The fourth-order valence-electron chi connectivity index (χ4n) is 12.1. The van der Waals surface area contributed by atoms with Gasteiger partial charge in [0.15, 0.2) is 5.78 Å². The monoisotopic (exact) mass is 1380 g/mol. The molecule has 0 spiro atoms. The molecule has 0 saturated carbocycles. The van der Waals surface area contributed by atoms with E-state index in [1.54, 1.807) is 84.7 Å². The number of carbonyl (C=O) groups excluding carboxylic acids is 12. The number of nitrogens with two attached hydrogens (primary N) is 1. The molecule has 4 rings (SSSR count). The largest absolute Gasteiger partial charge is 0.497 e. The predicted molar refractivity (Wildman–Crippen MR) is 361 cm³/mol. The van der Waals surface area contributed by atoms with Crippen molar-refractivity contribution in [2.75, 3.05) is 74.0 Å². The molecule has 29 heteroatoms. The minimum atomic E-state index is -1.13. The van der Waals surface area contributed by atoms with Crippen LogP contribution in [-0.4, -0.2) is 214 Å². The van der Waals surface area contributed by atoms with Crippen molar-refractivity contribution in [3.8, 4) is 5.75 Å². The van der Waals surface area contributed by atoms with Crippen molar-refractivity contribution in [1.82, 2.24) is 46.2 Å². The van der Waals surface area contributed by atoms with Crippen LogP contribution in [0.1, 0.15) is 136 Å². The highest BCUT2D eigenvalue weighted by Gasteiger charge is 2.46. The zero-order valence-electron chi connectivity index (χ0n) is 59.4. The summed E-state index contributed by atoms with van der Waals surface area (Å²) >= 11 is 0. The normalized spacial score (nSPS) is 17.2. The number of rotatable bonds is 40. The molecule has 2 aromatic carbocycles. The Morgan fingerprint density at radius 1 is 0.724 bits per heavy atom. The van der Waals surface area contributed by atoms with Crippen LogP contribution in [0.15, 0.2) is 54.6 Å². The number of halogens is 1. The van der Waals surface area contributed by atoms with Crippen molar-refractivity contribution in [1.29, 1.82) is 0 Å². The molecule has 0 aromatic heterocycles. The number of likely N-dealkylation sites (tertiary alicyclic amines) is 1. The molecule has 2 aliphatic heterocycles. The van der Waals surface area contributed by atoms with Gasteiger partial charge in [-0.25, -0.2) is 14.0 Å². The number of imide groups is 1. The van der Waals surface area contributed by atoms with Crippen LogP contribution >= 0.6 is 0 Å². The number of ether oxygens (including phenoxy) is 5. The molecule has 11 atom stereocenters. The second-order valence-corrected chi connectivity index (χ2v) is 26.0. The molecular formula is C69H104FN11O17. The van der Waals surface area contributed by atoms with Crippen LogP contribution in [0.5, 0.6) is 5.75 Å². The van der Waals surface area contributed by atoms with E-state index in [9.17, 15) is 61.9 Å². The average molecular weight is 1380 g/mol. The lowest BCUT2D eigenvalue weighted by Gasteiger charge is -2.41. The van der Waals surface area contributed by atoms with Crippen molar-refractivity contribution in [3.63, 3.8) is 0 Å². The number of urea groups is 1. The third kappa shape index (κ3) is 23.6. The molecule has 0 aliphatic carbocycles. The third-order valence-corrected chi connectivity index (χ3v) is 18.0. The Balaban J connectivity index is 1.39. The molecule has 0 bridgehead atoms. The summed E-state index contributed by atoms with van der Waals surface area (Å²) in [6, 6.07) is 3.59. The van der Waals surface area contributed by atoms with Gasteiger partial charge in [0.05, 0.1) is 62.0 Å². The van der Waals surface area contributed by atoms with Gasteiger partial charge in [-0.1, -0.05) is 87.3 Å². The number of hydrogen-bond donors (Lipinski definition) is 7. The number of methoxy groups -OCH3 is 4. The van der Waals surface area contributed by atoms with Gasteiger partial charge in [0.25, 0.3) is 11.8 Å². The summed E-state index contributed by atoms with van der Waals surface area (Å²) < 4.78 is 43.2. The fourth-order valence-corrected chi connectivity index (χ4v) is 12.1. The standard InChI is InChI=1S/C69H104FN11O17/c1-16-42(8)61(53(96-14)35-57(86)81-37-47(95-13)34-51(81)62(97-15)43(9)63(87)73-36-52(82)48-28-27-46(94-12)33-49(48)70)78(10)67(91)59(40(4)5)77-66(90)60(41(6)7)79(11)69(93)98-38-44-23-25-45(26-24-44)74-64(88)50(21-20-31-72-68(71)92)75-65(89)58(39(2)3)76-54(83)22-18-17-19-32-80-55(84)29-30-56(80)85/h23-30,33,39-43,47,50-51,53,58-62H,16-22,31-32,34-38H2,1-15H3,(H,73,87)(H,74,88)(H,75,89)(H,76,83)(H,77,90)(H3,71,72,92)/t42-,43+,47+,50-,51-,53+,58-,59-,60-,61?,62+/m0/s1. The first-order valence-electron chi connectivity index (χ1n) is 33.4. The summed E-state index contributed by atoms with van der Waals surface area (Å²) in [7, 11) is 8.75. The van der Waals surface area contributed by atoms with Crippen LogP contribution in [0, 0.1) is 35.4 Å². The molecule has 2 heterocycles. The number of unbranched alkanes of at least 4 members (excludes halogenated alkanes) is 2. The third-order valence-electron chi connectivity index (χ3n) is 18.0. The Hall–Kier alpha value is -8.57. The number of ketones is 1. The second-order valence-electron chi connectivity index (χ2n) is 26.0. The lowest BCUT2D eigenvalue weighted by Crippen LogP contribution is -2.60. The number of anilines is 1. The minimum Gasteiger partial charge on any atom is -0.497 e. The SMILES string of the molecule is CC[C@H](C)C([C@@H](CC(=O)N1C[C@H](OC)C[C@H]1[C@H](OC)[C@@H](C)C(=O)NCC(=O)c1ccc(OC)cc1F)OC)N(C)C(=O)[C@@H](NC(=O)[C@H](C(C)C)N(C)C(=O)OCc1ccc(NC(=O)[C@H](CCCNC(N)=O)NC(=O)[C@@H](NC(=O)CCCCCN2C(=O)C=CC2=O)C(C)C)cc1)C(C)C. The number of primary amides is 1. The number of hydrogen-bond acceptors (Lipinski definition) is 17. The Morgan fingerprint density at radius 2 is 1.38 bits per heavy atom. The van der Waals surface area contributed by atoms with Gasteiger partial charge in [0.1, 0.15) is 42.3 Å². The Morgan fingerprint density at radius 3 is 1.94 bits per heavy atom. The van der Waals surface area contributed by atoms with Gasteiger partial charge >= 0.3 is 12.1 Å². The topological polar surface area (TPSA) is 362 Å². The van der Waals surface area contributed by atoms with Crippen molar-refractivity contribution in [2.45, 2.75) is 181 Å². The summed E-state index contributed by atoms with van der Waals surface area (Å²) in [6.07, 6.45) is 1.92. The van der Waals surface area contributed by atoms with Crippen molar-refractivity contribution in [3.05, 3.63) is 71.6 Å². The zero-order valence-corrected chi connectivity index (χ0v) is 59.4. The Bertz CT molecular complexity index is 3090. The zero-order chi connectivity index (χ0) is 73.2. The summed E-state index contributed by atoms with van der Waals surface area (Å²) in [5.74, 6) is -8.12. The van der Waals surface area contributed by atoms with E-state index in [0.29, 0.717) is 43.4 Å². The highest BCUT2D eigenvalue weighted by molar-refractivity contribution is 6.13. The van der Waals surface area contributed by atoms with E-state index in [1.807, 2.05) is 13.8 Å². The first-order valence-corrected chi connectivity index (χ1v) is 33.4. The first kappa shape index (κ1) is 81.9. The van der Waals surface area contributed by atoms with Gasteiger partial charge < -0.3 is 71.1 Å². The van der Waals surface area contributed by atoms with E-state index in [2.05, 4.69) is 31.9 Å².